The van der Waals surface area contributed by atoms with Gasteiger partial charge in [-0.25, -0.2) is 9.59 Å². The molecule has 1 unspecified atom stereocenters. The zero-order valence-corrected chi connectivity index (χ0v) is 15.4. The van der Waals surface area contributed by atoms with Crippen molar-refractivity contribution in [1.29, 1.82) is 0 Å². The first-order valence-electron chi connectivity index (χ1n) is 8.95. The lowest BCUT2D eigenvalue weighted by Crippen LogP contribution is -2.56. The number of hydrogen-bond donors (Lipinski definition) is 1. The molecule has 0 radical (unpaired) electrons. The molecule has 1 saturated heterocycles. The minimum Gasteiger partial charge on any atom is -0.467 e. The van der Waals surface area contributed by atoms with Crippen molar-refractivity contribution in [2.75, 3.05) is 20.2 Å². The smallest absolute Gasteiger partial charge is 0.408 e. The summed E-state index contributed by atoms with van der Waals surface area (Å²) in [6.45, 7) is 1.93. The largest absolute Gasteiger partial charge is 0.467 e. The zero-order valence-electron chi connectivity index (χ0n) is 15.4. The van der Waals surface area contributed by atoms with Crippen LogP contribution >= 0.6 is 0 Å². The quantitative estimate of drug-likeness (QED) is 0.794. The molecule has 1 fully saturated rings. The monoisotopic (exact) mass is 368 g/mol. The third-order valence-corrected chi connectivity index (χ3v) is 4.73. The van der Waals surface area contributed by atoms with Crippen LogP contribution < -0.4 is 5.32 Å². The fraction of sp³-hybridized carbons (Fsp3) is 0.333. The molecule has 2 aromatic rings. The predicted octanol–water partition coefficient (Wildman–Crippen LogP) is 2.73. The number of alkyl carbamates (subject to hydrolysis) is 1. The van der Waals surface area contributed by atoms with E-state index in [0.717, 1.165) is 11.1 Å². The lowest BCUT2D eigenvalue weighted by atomic mass is 9.99. The second kappa shape index (κ2) is 8.68. The molecule has 0 saturated carbocycles. The number of carbonyl (C=O) groups is 2. The highest BCUT2D eigenvalue weighted by Crippen LogP contribution is 2.25. The first-order valence-corrected chi connectivity index (χ1v) is 8.95. The number of amides is 1. The van der Waals surface area contributed by atoms with Crippen LogP contribution in [0.25, 0.3) is 0 Å². The summed E-state index contributed by atoms with van der Waals surface area (Å²) in [5.74, 6) is -0.449. The van der Waals surface area contributed by atoms with E-state index < -0.39 is 17.6 Å². The van der Waals surface area contributed by atoms with Gasteiger partial charge in [0.15, 0.2) is 5.54 Å². The summed E-state index contributed by atoms with van der Waals surface area (Å²) in [7, 11) is 1.33. The second-order valence-electron chi connectivity index (χ2n) is 6.71. The van der Waals surface area contributed by atoms with Crippen LogP contribution in [0, 0.1) is 0 Å². The maximum absolute atomic E-state index is 12.4. The van der Waals surface area contributed by atoms with Gasteiger partial charge in [0, 0.05) is 19.6 Å². The van der Waals surface area contributed by atoms with Gasteiger partial charge in [0.1, 0.15) is 6.61 Å². The zero-order chi connectivity index (χ0) is 19.1. The van der Waals surface area contributed by atoms with E-state index in [0.29, 0.717) is 26.1 Å². The van der Waals surface area contributed by atoms with Crippen molar-refractivity contribution in [1.82, 2.24) is 10.2 Å². The number of nitrogens with one attached hydrogen (secondary N) is 1. The van der Waals surface area contributed by atoms with Crippen molar-refractivity contribution >= 4 is 12.1 Å². The lowest BCUT2D eigenvalue weighted by molar-refractivity contribution is -0.147. The van der Waals surface area contributed by atoms with E-state index in [1.54, 1.807) is 0 Å². The molecule has 6 nitrogen and oxygen atoms in total. The van der Waals surface area contributed by atoms with Gasteiger partial charge in [-0.15, -0.1) is 0 Å². The Morgan fingerprint density at radius 1 is 1.04 bits per heavy atom. The van der Waals surface area contributed by atoms with Gasteiger partial charge in [0.05, 0.1) is 7.11 Å². The number of likely N-dealkylation sites (tertiary alicyclic amines) is 1. The Labute approximate surface area is 159 Å². The van der Waals surface area contributed by atoms with E-state index >= 15 is 0 Å². The van der Waals surface area contributed by atoms with Crippen LogP contribution in [0.3, 0.4) is 0 Å². The lowest BCUT2D eigenvalue weighted by Gasteiger charge is -2.27. The Kier molecular flexibility index (Phi) is 6.08. The minimum atomic E-state index is -1.09. The predicted molar refractivity (Wildman–Crippen MR) is 101 cm³/mol. The molecular weight excluding hydrogens is 344 g/mol. The Morgan fingerprint density at radius 2 is 1.67 bits per heavy atom. The number of esters is 1. The average Bonchev–Trinajstić information content (AvgIpc) is 3.11. The van der Waals surface area contributed by atoms with Crippen LogP contribution in [0.1, 0.15) is 17.5 Å². The number of carbonyl (C=O) groups excluding carboxylic acids is 2. The Hall–Kier alpha value is -2.86. The van der Waals surface area contributed by atoms with Gasteiger partial charge in [0.2, 0.25) is 0 Å². The highest BCUT2D eigenvalue weighted by atomic mass is 16.6. The number of rotatable bonds is 6. The first-order chi connectivity index (χ1) is 13.1. The van der Waals surface area contributed by atoms with Crippen LogP contribution in [0.5, 0.6) is 0 Å². The van der Waals surface area contributed by atoms with E-state index in [9.17, 15) is 9.59 Å². The molecule has 142 valence electrons. The number of methoxy groups -OCH3 is 1. The number of benzene rings is 2. The van der Waals surface area contributed by atoms with E-state index in [1.807, 2.05) is 60.7 Å². The topological polar surface area (TPSA) is 67.9 Å². The van der Waals surface area contributed by atoms with Crippen molar-refractivity contribution in [2.24, 2.45) is 0 Å². The fourth-order valence-electron chi connectivity index (χ4n) is 3.33. The molecule has 0 spiro atoms. The van der Waals surface area contributed by atoms with Crippen molar-refractivity contribution in [3.05, 3.63) is 71.8 Å². The van der Waals surface area contributed by atoms with Gasteiger partial charge in [-0.2, -0.15) is 0 Å². The number of ether oxygens (including phenoxy) is 2. The molecule has 27 heavy (non-hydrogen) atoms. The molecule has 6 heteroatoms. The van der Waals surface area contributed by atoms with E-state index in [-0.39, 0.29) is 6.61 Å². The normalized spacial score (nSPS) is 19.4. The molecular formula is C21H24N2O4. The van der Waals surface area contributed by atoms with Gasteiger partial charge < -0.3 is 14.8 Å². The highest BCUT2D eigenvalue weighted by molar-refractivity contribution is 5.86. The van der Waals surface area contributed by atoms with Crippen LogP contribution in [-0.4, -0.2) is 42.7 Å². The molecule has 1 atom stereocenters. The summed E-state index contributed by atoms with van der Waals surface area (Å²) in [6.07, 6.45) is -0.141. The van der Waals surface area contributed by atoms with Crippen LogP contribution in [0.2, 0.25) is 0 Å². The molecule has 0 bridgehead atoms. The average molecular weight is 368 g/mol. The highest BCUT2D eigenvalue weighted by Gasteiger charge is 2.47. The first kappa shape index (κ1) is 18.9. The third kappa shape index (κ3) is 4.86. The SMILES string of the molecule is COC(=O)C1(NC(=O)OCc2ccccc2)CCN(Cc2ccccc2)C1. The summed E-state index contributed by atoms with van der Waals surface area (Å²) in [5.41, 5.74) is 0.957. The summed E-state index contributed by atoms with van der Waals surface area (Å²) in [5, 5.41) is 2.75. The van der Waals surface area contributed by atoms with Gasteiger partial charge >= 0.3 is 12.1 Å². The van der Waals surface area contributed by atoms with E-state index in [4.69, 9.17) is 9.47 Å². The summed E-state index contributed by atoms with van der Waals surface area (Å²) in [6, 6.07) is 19.4. The van der Waals surface area contributed by atoms with Gasteiger partial charge in [-0.1, -0.05) is 60.7 Å². The number of hydrogen-bond acceptors (Lipinski definition) is 5. The van der Waals surface area contributed by atoms with Crippen molar-refractivity contribution in [2.45, 2.75) is 25.1 Å². The Bertz CT molecular complexity index is 766. The Balaban J connectivity index is 1.61. The molecule has 3 rings (SSSR count). The van der Waals surface area contributed by atoms with Crippen molar-refractivity contribution in [3.8, 4) is 0 Å². The molecule has 1 amide bonds. The summed E-state index contributed by atoms with van der Waals surface area (Å²) < 4.78 is 10.3. The third-order valence-electron chi connectivity index (χ3n) is 4.73. The maximum atomic E-state index is 12.4. The fourth-order valence-corrected chi connectivity index (χ4v) is 3.33. The second-order valence-corrected chi connectivity index (χ2v) is 6.71. The molecule has 2 aromatic carbocycles. The van der Waals surface area contributed by atoms with Crippen molar-refractivity contribution < 1.29 is 19.1 Å². The van der Waals surface area contributed by atoms with E-state index in [2.05, 4.69) is 10.2 Å². The van der Waals surface area contributed by atoms with Crippen molar-refractivity contribution in [3.63, 3.8) is 0 Å². The molecule has 0 aliphatic carbocycles. The van der Waals surface area contributed by atoms with Crippen LogP contribution in [0.4, 0.5) is 4.79 Å². The van der Waals surface area contributed by atoms with Crippen LogP contribution in [0.15, 0.2) is 60.7 Å². The van der Waals surface area contributed by atoms with Gasteiger partial charge in [0.25, 0.3) is 0 Å². The summed E-state index contributed by atoms with van der Waals surface area (Å²) in [4.78, 5) is 26.9. The molecule has 1 heterocycles. The molecule has 0 aromatic heterocycles. The maximum Gasteiger partial charge on any atom is 0.408 e. The van der Waals surface area contributed by atoms with E-state index in [1.165, 1.54) is 7.11 Å². The molecule has 1 aliphatic rings. The Morgan fingerprint density at radius 3 is 2.30 bits per heavy atom. The van der Waals surface area contributed by atoms with Gasteiger partial charge in [-0.3, -0.25) is 4.90 Å². The summed E-state index contributed by atoms with van der Waals surface area (Å²) >= 11 is 0. The van der Waals surface area contributed by atoms with Crippen LogP contribution in [-0.2, 0) is 27.4 Å². The number of nitrogens with zero attached hydrogens (tertiary/aromatic N) is 1. The molecule has 1 N–H and O–H groups in total. The van der Waals surface area contributed by atoms with Gasteiger partial charge in [-0.05, 0) is 17.5 Å². The molecule has 1 aliphatic heterocycles. The standard InChI is InChI=1S/C21H24N2O4/c1-26-19(24)21(22-20(25)27-15-18-10-6-3-7-11-18)12-13-23(16-21)14-17-8-4-2-5-9-17/h2-11H,12-16H2,1H3,(H,22,25). The minimum absolute atomic E-state index is 0.150.